The number of rotatable bonds is 5. The largest absolute Gasteiger partial charge is 0.323 e. The monoisotopic (exact) mass is 259 g/mol. The Balaban J connectivity index is 2.65. The third-order valence-electron chi connectivity index (χ3n) is 2.67. The lowest BCUT2D eigenvalue weighted by Crippen LogP contribution is -2.38. The second-order valence-corrected chi connectivity index (χ2v) is 5.04. The van der Waals surface area contributed by atoms with Crippen molar-refractivity contribution in [2.24, 2.45) is 5.92 Å². The van der Waals surface area contributed by atoms with Crippen LogP contribution in [0.2, 0.25) is 0 Å². The summed E-state index contributed by atoms with van der Waals surface area (Å²) in [7, 11) is 0. The molecule has 1 rings (SSSR count). The first kappa shape index (κ1) is 15.0. The van der Waals surface area contributed by atoms with Crippen molar-refractivity contribution in [2.45, 2.75) is 27.2 Å². The third kappa shape index (κ3) is 5.43. The Labute approximate surface area is 115 Å². The molecule has 1 N–H and O–H groups in total. The summed E-state index contributed by atoms with van der Waals surface area (Å²) in [6.45, 7) is 7.23. The topological polar surface area (TPSA) is 56.1 Å². The van der Waals surface area contributed by atoms with E-state index in [2.05, 4.69) is 25.2 Å². The average molecular weight is 259 g/mol. The lowest BCUT2D eigenvalue weighted by atomic mass is 10.2. The average Bonchev–Trinajstić information content (AvgIpc) is 2.36. The number of nitriles is 1. The summed E-state index contributed by atoms with van der Waals surface area (Å²) >= 11 is 0. The summed E-state index contributed by atoms with van der Waals surface area (Å²) < 4.78 is 0. The van der Waals surface area contributed by atoms with Crippen molar-refractivity contribution in [2.75, 3.05) is 18.4 Å². The quantitative estimate of drug-likeness (QED) is 0.881. The van der Waals surface area contributed by atoms with Crippen LogP contribution in [0.5, 0.6) is 0 Å². The van der Waals surface area contributed by atoms with Crippen molar-refractivity contribution in [1.29, 1.82) is 5.26 Å². The number of anilines is 1. The standard InChI is InChI=1S/C15H21N3O/c1-12(2)11-18(10-4-9-16)15(19)17-14-7-5-13(3)6-8-14/h5-8,12H,4,10-11H2,1-3H3,(H,17,19). The van der Waals surface area contributed by atoms with E-state index in [1.807, 2.05) is 31.2 Å². The molecule has 0 heterocycles. The molecule has 0 aliphatic heterocycles. The number of nitrogens with one attached hydrogen (secondary N) is 1. The molecule has 102 valence electrons. The number of hydrogen-bond acceptors (Lipinski definition) is 2. The van der Waals surface area contributed by atoms with Gasteiger partial charge in [-0.25, -0.2) is 4.79 Å². The molecule has 0 fully saturated rings. The van der Waals surface area contributed by atoms with Gasteiger partial charge in [-0.05, 0) is 25.0 Å². The fraction of sp³-hybridized carbons (Fsp3) is 0.467. The van der Waals surface area contributed by atoms with Crippen LogP contribution in [0.4, 0.5) is 10.5 Å². The number of hydrogen-bond donors (Lipinski definition) is 1. The van der Waals surface area contributed by atoms with Crippen LogP contribution in [-0.2, 0) is 0 Å². The minimum absolute atomic E-state index is 0.146. The van der Waals surface area contributed by atoms with Gasteiger partial charge in [-0.2, -0.15) is 5.26 Å². The summed E-state index contributed by atoms with van der Waals surface area (Å²) in [5.41, 5.74) is 1.93. The molecule has 0 spiro atoms. The van der Waals surface area contributed by atoms with Crippen molar-refractivity contribution in [1.82, 2.24) is 4.90 Å². The van der Waals surface area contributed by atoms with E-state index in [9.17, 15) is 4.79 Å². The predicted octanol–water partition coefficient (Wildman–Crippen LogP) is 3.40. The van der Waals surface area contributed by atoms with Gasteiger partial charge >= 0.3 is 6.03 Å². The van der Waals surface area contributed by atoms with Gasteiger partial charge in [-0.1, -0.05) is 31.5 Å². The molecule has 1 aromatic rings. The van der Waals surface area contributed by atoms with Crippen molar-refractivity contribution in [3.63, 3.8) is 0 Å². The first-order valence-electron chi connectivity index (χ1n) is 6.52. The van der Waals surface area contributed by atoms with Crippen LogP contribution in [0.15, 0.2) is 24.3 Å². The summed E-state index contributed by atoms with van der Waals surface area (Å²) in [6.07, 6.45) is 0.355. The maximum absolute atomic E-state index is 12.1. The molecule has 0 bridgehead atoms. The van der Waals surface area contributed by atoms with Gasteiger partial charge in [0.25, 0.3) is 0 Å². The van der Waals surface area contributed by atoms with Gasteiger partial charge in [0, 0.05) is 18.8 Å². The molecule has 2 amide bonds. The number of urea groups is 1. The molecule has 1 aromatic carbocycles. The fourth-order valence-electron chi connectivity index (χ4n) is 1.74. The second kappa shape index (κ2) is 7.42. The Morgan fingerprint density at radius 2 is 2.00 bits per heavy atom. The first-order valence-corrected chi connectivity index (χ1v) is 6.52. The zero-order valence-electron chi connectivity index (χ0n) is 11.8. The van der Waals surface area contributed by atoms with Crippen LogP contribution in [0.1, 0.15) is 25.8 Å². The Kier molecular flexibility index (Phi) is 5.87. The highest BCUT2D eigenvalue weighted by Gasteiger charge is 2.14. The van der Waals surface area contributed by atoms with Gasteiger partial charge in [0.05, 0.1) is 12.5 Å². The SMILES string of the molecule is Cc1ccc(NC(=O)N(CCC#N)CC(C)C)cc1. The zero-order chi connectivity index (χ0) is 14.3. The zero-order valence-corrected chi connectivity index (χ0v) is 11.8. The van der Waals surface area contributed by atoms with E-state index in [1.165, 1.54) is 0 Å². The summed E-state index contributed by atoms with van der Waals surface area (Å²) in [5, 5.41) is 11.5. The molecule has 4 heteroatoms. The molecule has 0 atom stereocenters. The Morgan fingerprint density at radius 1 is 1.37 bits per heavy atom. The number of nitrogens with zero attached hydrogens (tertiary/aromatic N) is 2. The van der Waals surface area contributed by atoms with E-state index in [4.69, 9.17) is 5.26 Å². The Bertz CT molecular complexity index is 445. The number of carbonyl (C=O) groups excluding carboxylic acids is 1. The summed E-state index contributed by atoms with van der Waals surface area (Å²) in [5.74, 6) is 0.377. The highest BCUT2D eigenvalue weighted by Crippen LogP contribution is 2.10. The van der Waals surface area contributed by atoms with Gasteiger partial charge < -0.3 is 10.2 Å². The molecule has 0 saturated carbocycles. The van der Waals surface area contributed by atoms with Gasteiger partial charge in [-0.3, -0.25) is 0 Å². The highest BCUT2D eigenvalue weighted by molar-refractivity contribution is 5.89. The number of benzene rings is 1. The van der Waals surface area contributed by atoms with Gasteiger partial charge in [0.2, 0.25) is 0 Å². The molecule has 0 aliphatic rings. The molecule has 0 aromatic heterocycles. The van der Waals surface area contributed by atoms with E-state index in [0.717, 1.165) is 11.3 Å². The minimum atomic E-state index is -0.146. The normalized spacial score (nSPS) is 10.1. The molecule has 0 radical (unpaired) electrons. The maximum Gasteiger partial charge on any atom is 0.321 e. The lowest BCUT2D eigenvalue weighted by molar-refractivity contribution is 0.206. The minimum Gasteiger partial charge on any atom is -0.323 e. The van der Waals surface area contributed by atoms with E-state index in [0.29, 0.717) is 25.4 Å². The van der Waals surface area contributed by atoms with Gasteiger partial charge in [-0.15, -0.1) is 0 Å². The number of amides is 2. The van der Waals surface area contributed by atoms with Crippen molar-refractivity contribution >= 4 is 11.7 Å². The first-order chi connectivity index (χ1) is 9.02. The Morgan fingerprint density at radius 3 is 2.53 bits per heavy atom. The highest BCUT2D eigenvalue weighted by atomic mass is 16.2. The van der Waals surface area contributed by atoms with Crippen LogP contribution in [-0.4, -0.2) is 24.0 Å². The summed E-state index contributed by atoms with van der Waals surface area (Å²) in [4.78, 5) is 13.8. The van der Waals surface area contributed by atoms with Crippen molar-refractivity contribution in [3.05, 3.63) is 29.8 Å². The van der Waals surface area contributed by atoms with Gasteiger partial charge in [0.15, 0.2) is 0 Å². The molecule has 0 aliphatic carbocycles. The maximum atomic E-state index is 12.1. The molecular weight excluding hydrogens is 238 g/mol. The van der Waals surface area contributed by atoms with E-state index < -0.39 is 0 Å². The van der Waals surface area contributed by atoms with E-state index in [1.54, 1.807) is 4.90 Å². The Hall–Kier alpha value is -2.02. The van der Waals surface area contributed by atoms with Crippen molar-refractivity contribution < 1.29 is 4.79 Å². The number of aryl methyl sites for hydroxylation is 1. The van der Waals surface area contributed by atoms with Crippen LogP contribution in [0, 0.1) is 24.2 Å². The number of carbonyl (C=O) groups is 1. The van der Waals surface area contributed by atoms with E-state index >= 15 is 0 Å². The van der Waals surface area contributed by atoms with Crippen molar-refractivity contribution in [3.8, 4) is 6.07 Å². The van der Waals surface area contributed by atoms with Crippen LogP contribution >= 0.6 is 0 Å². The van der Waals surface area contributed by atoms with Crippen LogP contribution < -0.4 is 5.32 Å². The predicted molar refractivity (Wildman–Crippen MR) is 76.8 cm³/mol. The summed E-state index contributed by atoms with van der Waals surface area (Å²) in [6, 6.07) is 9.60. The molecule has 0 saturated heterocycles. The fourth-order valence-corrected chi connectivity index (χ4v) is 1.74. The van der Waals surface area contributed by atoms with Gasteiger partial charge in [0.1, 0.15) is 0 Å². The lowest BCUT2D eigenvalue weighted by Gasteiger charge is -2.24. The smallest absolute Gasteiger partial charge is 0.321 e. The second-order valence-electron chi connectivity index (χ2n) is 5.04. The molecule has 0 unspecified atom stereocenters. The molecule has 4 nitrogen and oxygen atoms in total. The van der Waals surface area contributed by atoms with Crippen LogP contribution in [0.3, 0.4) is 0 Å². The third-order valence-corrected chi connectivity index (χ3v) is 2.67. The molecular formula is C15H21N3O. The molecule has 19 heavy (non-hydrogen) atoms. The van der Waals surface area contributed by atoms with Crippen LogP contribution in [0.25, 0.3) is 0 Å². The van der Waals surface area contributed by atoms with E-state index in [-0.39, 0.29) is 6.03 Å².